The summed E-state index contributed by atoms with van der Waals surface area (Å²) in [6.07, 6.45) is 0. The van der Waals surface area contributed by atoms with Crippen LogP contribution in [-0.2, 0) is 21.3 Å². The highest BCUT2D eigenvalue weighted by molar-refractivity contribution is 7.99. The summed E-state index contributed by atoms with van der Waals surface area (Å²) in [4.78, 5) is 38.3. The van der Waals surface area contributed by atoms with Crippen molar-refractivity contribution >= 4 is 57.3 Å². The highest BCUT2D eigenvalue weighted by Gasteiger charge is 2.27. The Morgan fingerprint density at radius 3 is 2.48 bits per heavy atom. The monoisotopic (exact) mass is 508 g/mol. The maximum absolute atomic E-state index is 12.6. The first kappa shape index (κ1) is 24.9. The molecule has 0 spiro atoms. The second-order valence-electron chi connectivity index (χ2n) is 7.34. The van der Waals surface area contributed by atoms with Crippen LogP contribution in [0.3, 0.4) is 0 Å². The lowest BCUT2D eigenvalue weighted by molar-refractivity contribution is -0.113. The van der Waals surface area contributed by atoms with Gasteiger partial charge in [0, 0.05) is 22.9 Å². The fraction of sp³-hybridized carbons (Fsp3) is 0.381. The second kappa shape index (κ2) is 10.5. The Labute approximate surface area is 203 Å². The van der Waals surface area contributed by atoms with Crippen LogP contribution in [-0.4, -0.2) is 52.6 Å². The molecular weight excluding hydrogens is 484 g/mol. The van der Waals surface area contributed by atoms with Gasteiger partial charge >= 0.3 is 11.9 Å². The van der Waals surface area contributed by atoms with Crippen LogP contribution in [0.5, 0.6) is 0 Å². The van der Waals surface area contributed by atoms with Crippen molar-refractivity contribution in [3.8, 4) is 11.4 Å². The summed E-state index contributed by atoms with van der Waals surface area (Å²) < 4.78 is 11.4. The molecule has 0 aromatic carbocycles. The van der Waals surface area contributed by atoms with Gasteiger partial charge < -0.3 is 19.4 Å². The summed E-state index contributed by atoms with van der Waals surface area (Å²) in [6.45, 7) is 5.89. The number of carbonyl (C=O) groups is 3. The zero-order valence-corrected chi connectivity index (χ0v) is 21.5. The number of thioether (sulfide) groups is 1. The number of methoxy groups -OCH3 is 2. The largest absolute Gasteiger partial charge is 0.465 e. The van der Waals surface area contributed by atoms with Crippen molar-refractivity contribution in [2.75, 3.05) is 25.3 Å². The van der Waals surface area contributed by atoms with Gasteiger partial charge in [-0.15, -0.1) is 32.9 Å². The van der Waals surface area contributed by atoms with Crippen LogP contribution in [0.15, 0.2) is 16.6 Å². The molecule has 1 amide bonds. The Hall–Kier alpha value is -2.70. The average molecular weight is 509 g/mol. The van der Waals surface area contributed by atoms with Crippen LogP contribution in [0.1, 0.15) is 50.2 Å². The smallest absolute Gasteiger partial charge is 0.348 e. The third-order valence-electron chi connectivity index (χ3n) is 4.77. The van der Waals surface area contributed by atoms with Crippen molar-refractivity contribution in [2.24, 2.45) is 7.05 Å². The molecule has 3 aromatic heterocycles. The number of carbonyl (C=O) groups excluding carboxylic acids is 3. The van der Waals surface area contributed by atoms with E-state index < -0.39 is 11.9 Å². The molecule has 0 aliphatic rings. The molecule has 0 unspecified atom stereocenters. The molecular formula is C21H24N4O5S3. The number of hydrogen-bond donors (Lipinski definition) is 1. The summed E-state index contributed by atoms with van der Waals surface area (Å²) in [6, 6.07) is 2.10. The maximum Gasteiger partial charge on any atom is 0.348 e. The van der Waals surface area contributed by atoms with Gasteiger partial charge in [-0.2, -0.15) is 0 Å². The topological polar surface area (TPSA) is 112 Å². The zero-order valence-electron chi connectivity index (χ0n) is 19.0. The Kier molecular flexibility index (Phi) is 7.92. The molecule has 9 nitrogen and oxygen atoms in total. The molecule has 0 fully saturated rings. The van der Waals surface area contributed by atoms with Crippen LogP contribution < -0.4 is 5.32 Å². The third-order valence-corrected chi connectivity index (χ3v) is 8.22. The van der Waals surface area contributed by atoms with Crippen molar-refractivity contribution in [3.05, 3.63) is 32.3 Å². The number of nitrogens with one attached hydrogen (secondary N) is 1. The maximum atomic E-state index is 12.6. The van der Waals surface area contributed by atoms with Gasteiger partial charge in [0.25, 0.3) is 0 Å². The zero-order chi connectivity index (χ0) is 24.3. The first-order valence-corrected chi connectivity index (χ1v) is 12.6. The molecule has 176 valence electrons. The average Bonchev–Trinajstić information content (AvgIpc) is 3.49. The number of aromatic nitrogens is 3. The van der Waals surface area contributed by atoms with Gasteiger partial charge in [0.15, 0.2) is 11.0 Å². The number of ether oxygens (including phenoxy) is 2. The van der Waals surface area contributed by atoms with Gasteiger partial charge in [-0.3, -0.25) is 4.79 Å². The summed E-state index contributed by atoms with van der Waals surface area (Å²) in [5.41, 5.74) is 1.53. The number of thiophene rings is 2. The van der Waals surface area contributed by atoms with E-state index in [2.05, 4.69) is 35.4 Å². The van der Waals surface area contributed by atoms with Crippen molar-refractivity contribution in [2.45, 2.75) is 31.8 Å². The predicted octanol–water partition coefficient (Wildman–Crippen LogP) is 4.34. The molecule has 3 rings (SSSR count). The first-order chi connectivity index (χ1) is 15.7. The number of anilines is 1. The molecule has 0 radical (unpaired) electrons. The van der Waals surface area contributed by atoms with Gasteiger partial charge in [0.2, 0.25) is 5.91 Å². The SMILES string of the molecule is COC(=O)c1sc(NC(=O)CSc2nnc(-c3csc(C(C)C)c3)n2C)c(C(=O)OC)c1C. The quantitative estimate of drug-likeness (QED) is 0.353. The minimum absolute atomic E-state index is 0.0397. The third kappa shape index (κ3) is 5.28. The van der Waals surface area contributed by atoms with Crippen LogP contribution in [0.2, 0.25) is 0 Å². The van der Waals surface area contributed by atoms with Gasteiger partial charge in [-0.05, 0) is 24.5 Å². The first-order valence-electron chi connectivity index (χ1n) is 9.88. The molecule has 1 N–H and O–H groups in total. The standard InChI is InChI=1S/C21H24N4O5S3/c1-10(2)13-7-12(8-31-13)17-23-24-21(25(17)4)32-9-14(26)22-18-15(19(27)29-5)11(3)16(33-18)20(28)30-6/h7-8,10H,9H2,1-6H3,(H,22,26). The number of esters is 2. The summed E-state index contributed by atoms with van der Waals surface area (Å²) in [7, 11) is 4.34. The minimum Gasteiger partial charge on any atom is -0.465 e. The summed E-state index contributed by atoms with van der Waals surface area (Å²) in [5, 5.41) is 14.1. The highest BCUT2D eigenvalue weighted by atomic mass is 32.2. The van der Waals surface area contributed by atoms with Gasteiger partial charge in [-0.25, -0.2) is 9.59 Å². The molecule has 12 heteroatoms. The van der Waals surface area contributed by atoms with Crippen molar-refractivity contribution in [3.63, 3.8) is 0 Å². The molecule has 0 saturated carbocycles. The molecule has 3 heterocycles. The lowest BCUT2D eigenvalue weighted by Gasteiger charge is -2.06. The summed E-state index contributed by atoms with van der Waals surface area (Å²) >= 11 is 3.88. The van der Waals surface area contributed by atoms with E-state index in [1.807, 2.05) is 17.0 Å². The minimum atomic E-state index is -0.642. The van der Waals surface area contributed by atoms with E-state index in [1.165, 1.54) is 30.9 Å². The van der Waals surface area contributed by atoms with Crippen molar-refractivity contribution in [1.82, 2.24) is 14.8 Å². The number of rotatable bonds is 8. The molecule has 3 aromatic rings. The Balaban J connectivity index is 1.73. The van der Waals surface area contributed by atoms with E-state index in [-0.39, 0.29) is 27.1 Å². The van der Waals surface area contributed by atoms with Crippen molar-refractivity contribution < 1.29 is 23.9 Å². The van der Waals surface area contributed by atoms with E-state index in [0.29, 0.717) is 16.6 Å². The van der Waals surface area contributed by atoms with Crippen LogP contribution in [0, 0.1) is 6.92 Å². The van der Waals surface area contributed by atoms with E-state index in [0.717, 1.165) is 22.7 Å². The lowest BCUT2D eigenvalue weighted by atomic mass is 10.1. The lowest BCUT2D eigenvalue weighted by Crippen LogP contribution is -2.16. The molecule has 33 heavy (non-hydrogen) atoms. The Morgan fingerprint density at radius 1 is 1.18 bits per heavy atom. The van der Waals surface area contributed by atoms with Crippen LogP contribution >= 0.6 is 34.4 Å². The van der Waals surface area contributed by atoms with E-state index in [1.54, 1.807) is 18.3 Å². The number of hydrogen-bond acceptors (Lipinski definition) is 10. The fourth-order valence-electron chi connectivity index (χ4n) is 2.99. The number of nitrogens with zero attached hydrogens (tertiary/aromatic N) is 3. The van der Waals surface area contributed by atoms with Crippen molar-refractivity contribution in [1.29, 1.82) is 0 Å². The fourth-order valence-corrected chi connectivity index (χ4v) is 5.74. The van der Waals surface area contributed by atoms with Gasteiger partial charge in [0.05, 0.1) is 25.5 Å². The molecule has 0 aliphatic heterocycles. The van der Waals surface area contributed by atoms with Gasteiger partial charge in [-0.1, -0.05) is 25.6 Å². The predicted molar refractivity (Wildman–Crippen MR) is 129 cm³/mol. The molecule has 0 saturated heterocycles. The molecule has 0 aliphatic carbocycles. The summed E-state index contributed by atoms with van der Waals surface area (Å²) in [5.74, 6) is -0.382. The second-order valence-corrected chi connectivity index (χ2v) is 10.2. The van der Waals surface area contributed by atoms with E-state index >= 15 is 0 Å². The van der Waals surface area contributed by atoms with E-state index in [4.69, 9.17) is 9.47 Å². The van der Waals surface area contributed by atoms with E-state index in [9.17, 15) is 14.4 Å². The molecule has 0 bridgehead atoms. The highest BCUT2D eigenvalue weighted by Crippen LogP contribution is 2.35. The Bertz CT molecular complexity index is 1190. The van der Waals surface area contributed by atoms with Crippen LogP contribution in [0.25, 0.3) is 11.4 Å². The Morgan fingerprint density at radius 2 is 1.88 bits per heavy atom. The van der Waals surface area contributed by atoms with Crippen LogP contribution in [0.4, 0.5) is 5.00 Å². The van der Waals surface area contributed by atoms with Gasteiger partial charge in [0.1, 0.15) is 9.88 Å². The molecule has 0 atom stereocenters. The normalized spacial score (nSPS) is 11.0. The number of amides is 1.